The summed E-state index contributed by atoms with van der Waals surface area (Å²) in [7, 11) is 0. The van der Waals surface area contributed by atoms with Gasteiger partial charge in [0, 0.05) is 11.1 Å². The zero-order valence-electron chi connectivity index (χ0n) is 9.80. The van der Waals surface area contributed by atoms with Crippen LogP contribution in [0.1, 0.15) is 20.7 Å². The normalized spacial score (nSPS) is 9.95. The Balaban J connectivity index is 2.44. The van der Waals surface area contributed by atoms with Crippen molar-refractivity contribution in [3.05, 3.63) is 58.6 Å². The highest BCUT2D eigenvalue weighted by Gasteiger charge is 2.11. The zero-order valence-corrected chi connectivity index (χ0v) is 10.6. The van der Waals surface area contributed by atoms with Crippen molar-refractivity contribution in [1.82, 2.24) is 0 Å². The summed E-state index contributed by atoms with van der Waals surface area (Å²) < 4.78 is 5.56. The Labute approximate surface area is 114 Å². The predicted octanol–water partition coefficient (Wildman–Crippen LogP) is 3.04. The fourth-order valence-electron chi connectivity index (χ4n) is 1.57. The standard InChI is InChI=1S/C14H10ClNO3/c15-10-6-5-9(8-17)13(7-10)19-12-4-2-1-3-11(12)14(16)18/h1-8H,(H2,16,18). The highest BCUT2D eigenvalue weighted by atomic mass is 35.5. The molecule has 5 heteroatoms. The number of aldehydes is 1. The molecule has 0 saturated carbocycles. The molecular weight excluding hydrogens is 266 g/mol. The van der Waals surface area contributed by atoms with E-state index in [-0.39, 0.29) is 17.1 Å². The number of hydrogen-bond acceptors (Lipinski definition) is 3. The van der Waals surface area contributed by atoms with E-state index in [1.807, 2.05) is 0 Å². The van der Waals surface area contributed by atoms with Gasteiger partial charge in [-0.05, 0) is 24.3 Å². The molecule has 0 spiro atoms. The van der Waals surface area contributed by atoms with E-state index < -0.39 is 5.91 Å². The molecule has 2 rings (SSSR count). The van der Waals surface area contributed by atoms with Crippen LogP contribution in [0.4, 0.5) is 0 Å². The first-order valence-electron chi connectivity index (χ1n) is 5.43. The Morgan fingerprint density at radius 3 is 2.58 bits per heavy atom. The minimum absolute atomic E-state index is 0.235. The molecule has 0 atom stereocenters. The van der Waals surface area contributed by atoms with E-state index in [0.717, 1.165) is 0 Å². The van der Waals surface area contributed by atoms with Gasteiger partial charge in [0.2, 0.25) is 0 Å². The van der Waals surface area contributed by atoms with Gasteiger partial charge in [0.1, 0.15) is 11.5 Å². The van der Waals surface area contributed by atoms with E-state index in [1.54, 1.807) is 30.3 Å². The maximum absolute atomic E-state index is 11.3. The van der Waals surface area contributed by atoms with Crippen molar-refractivity contribution in [3.63, 3.8) is 0 Å². The lowest BCUT2D eigenvalue weighted by Gasteiger charge is -2.10. The van der Waals surface area contributed by atoms with Crippen LogP contribution in [0.15, 0.2) is 42.5 Å². The van der Waals surface area contributed by atoms with Crippen molar-refractivity contribution >= 4 is 23.8 Å². The predicted molar refractivity (Wildman–Crippen MR) is 71.9 cm³/mol. The second kappa shape index (κ2) is 5.54. The van der Waals surface area contributed by atoms with Crippen molar-refractivity contribution in [2.45, 2.75) is 0 Å². The van der Waals surface area contributed by atoms with Crippen LogP contribution in [-0.2, 0) is 0 Å². The first-order chi connectivity index (χ1) is 9.11. The topological polar surface area (TPSA) is 69.4 Å². The smallest absolute Gasteiger partial charge is 0.252 e. The second-order valence-electron chi connectivity index (χ2n) is 3.76. The van der Waals surface area contributed by atoms with Crippen LogP contribution in [-0.4, -0.2) is 12.2 Å². The Morgan fingerprint density at radius 2 is 1.89 bits per heavy atom. The highest BCUT2D eigenvalue weighted by Crippen LogP contribution is 2.29. The molecule has 2 aromatic rings. The Morgan fingerprint density at radius 1 is 1.16 bits per heavy atom. The molecule has 4 nitrogen and oxygen atoms in total. The third-order valence-corrected chi connectivity index (χ3v) is 2.71. The van der Waals surface area contributed by atoms with Crippen LogP contribution in [0.5, 0.6) is 11.5 Å². The first-order valence-corrected chi connectivity index (χ1v) is 5.81. The number of primary amides is 1. The Bertz CT molecular complexity index is 640. The lowest BCUT2D eigenvalue weighted by molar-refractivity contribution is 0.0998. The van der Waals surface area contributed by atoms with Gasteiger partial charge < -0.3 is 10.5 Å². The number of ether oxygens (including phenoxy) is 1. The van der Waals surface area contributed by atoms with E-state index >= 15 is 0 Å². The number of para-hydroxylation sites is 1. The number of halogens is 1. The summed E-state index contributed by atoms with van der Waals surface area (Å²) in [5.74, 6) is -0.0538. The molecule has 0 radical (unpaired) electrons. The van der Waals surface area contributed by atoms with Gasteiger partial charge in [0.15, 0.2) is 6.29 Å². The summed E-state index contributed by atoms with van der Waals surface area (Å²) >= 11 is 5.85. The van der Waals surface area contributed by atoms with Gasteiger partial charge in [0.25, 0.3) is 5.91 Å². The molecule has 0 aromatic heterocycles. The molecule has 0 bridgehead atoms. The van der Waals surface area contributed by atoms with E-state index in [2.05, 4.69) is 0 Å². The molecule has 2 aromatic carbocycles. The van der Waals surface area contributed by atoms with E-state index in [9.17, 15) is 9.59 Å². The second-order valence-corrected chi connectivity index (χ2v) is 4.20. The van der Waals surface area contributed by atoms with Crippen LogP contribution in [0, 0.1) is 0 Å². The molecule has 2 N–H and O–H groups in total. The summed E-state index contributed by atoms with van der Waals surface area (Å²) in [6.45, 7) is 0. The average molecular weight is 276 g/mol. The SMILES string of the molecule is NC(=O)c1ccccc1Oc1cc(Cl)ccc1C=O. The largest absolute Gasteiger partial charge is 0.456 e. The quantitative estimate of drug-likeness (QED) is 0.872. The van der Waals surface area contributed by atoms with Crippen LogP contribution in [0.25, 0.3) is 0 Å². The van der Waals surface area contributed by atoms with Gasteiger partial charge >= 0.3 is 0 Å². The third kappa shape index (κ3) is 2.92. The summed E-state index contributed by atoms with van der Waals surface area (Å²) in [5.41, 5.74) is 5.83. The fourth-order valence-corrected chi connectivity index (χ4v) is 1.73. The maximum Gasteiger partial charge on any atom is 0.252 e. The monoisotopic (exact) mass is 275 g/mol. The lowest BCUT2D eigenvalue weighted by atomic mass is 10.2. The zero-order chi connectivity index (χ0) is 13.8. The molecule has 19 heavy (non-hydrogen) atoms. The number of amides is 1. The number of hydrogen-bond donors (Lipinski definition) is 1. The maximum atomic E-state index is 11.3. The lowest BCUT2D eigenvalue weighted by Crippen LogP contribution is -2.12. The van der Waals surface area contributed by atoms with Gasteiger partial charge in [0.05, 0.1) is 11.1 Å². The first kappa shape index (κ1) is 13.1. The van der Waals surface area contributed by atoms with Gasteiger partial charge in [-0.15, -0.1) is 0 Å². The molecule has 0 saturated heterocycles. The molecule has 0 aliphatic carbocycles. The minimum Gasteiger partial charge on any atom is -0.456 e. The minimum atomic E-state index is -0.606. The van der Waals surface area contributed by atoms with E-state index in [0.29, 0.717) is 16.9 Å². The number of rotatable bonds is 4. The Kier molecular flexibility index (Phi) is 3.82. The molecule has 0 heterocycles. The van der Waals surface area contributed by atoms with Crippen LogP contribution >= 0.6 is 11.6 Å². The molecule has 0 aliphatic rings. The Hall–Kier alpha value is -2.33. The molecule has 0 fully saturated rings. The van der Waals surface area contributed by atoms with Gasteiger partial charge in [-0.25, -0.2) is 0 Å². The van der Waals surface area contributed by atoms with Crippen molar-refractivity contribution in [2.75, 3.05) is 0 Å². The summed E-state index contributed by atoms with van der Waals surface area (Å²) in [5, 5.41) is 0.428. The summed E-state index contributed by atoms with van der Waals surface area (Å²) in [6, 6.07) is 11.1. The number of carbonyl (C=O) groups excluding carboxylic acids is 2. The van der Waals surface area contributed by atoms with Crippen LogP contribution in [0.2, 0.25) is 5.02 Å². The summed E-state index contributed by atoms with van der Waals surface area (Å²) in [6.07, 6.45) is 0.651. The van der Waals surface area contributed by atoms with E-state index in [4.69, 9.17) is 22.1 Å². The van der Waals surface area contributed by atoms with Crippen LogP contribution in [0.3, 0.4) is 0 Å². The van der Waals surface area contributed by atoms with Crippen molar-refractivity contribution in [1.29, 1.82) is 0 Å². The molecular formula is C14H10ClNO3. The van der Waals surface area contributed by atoms with Crippen molar-refractivity contribution in [3.8, 4) is 11.5 Å². The van der Waals surface area contributed by atoms with Crippen molar-refractivity contribution in [2.24, 2.45) is 5.73 Å². The number of benzene rings is 2. The van der Waals surface area contributed by atoms with E-state index in [1.165, 1.54) is 12.1 Å². The van der Waals surface area contributed by atoms with Gasteiger partial charge in [-0.1, -0.05) is 23.7 Å². The van der Waals surface area contributed by atoms with Gasteiger partial charge in [-0.3, -0.25) is 9.59 Å². The summed E-state index contributed by atoms with van der Waals surface area (Å²) in [4.78, 5) is 22.2. The molecule has 96 valence electrons. The van der Waals surface area contributed by atoms with Gasteiger partial charge in [-0.2, -0.15) is 0 Å². The average Bonchev–Trinajstić information content (AvgIpc) is 2.39. The van der Waals surface area contributed by atoms with Crippen LogP contribution < -0.4 is 10.5 Å². The van der Waals surface area contributed by atoms with Crippen molar-refractivity contribution < 1.29 is 14.3 Å². The molecule has 0 unspecified atom stereocenters. The highest BCUT2D eigenvalue weighted by molar-refractivity contribution is 6.30. The molecule has 0 aliphatic heterocycles. The number of carbonyl (C=O) groups is 2. The fraction of sp³-hybridized carbons (Fsp3) is 0. The molecule has 1 amide bonds. The third-order valence-electron chi connectivity index (χ3n) is 2.48. The number of nitrogens with two attached hydrogens (primary N) is 1.